The summed E-state index contributed by atoms with van der Waals surface area (Å²) in [5.41, 5.74) is 1.26. The Morgan fingerprint density at radius 3 is 2.88 bits per heavy atom. The zero-order valence-electron chi connectivity index (χ0n) is 14.5. The van der Waals surface area contributed by atoms with E-state index in [9.17, 15) is 14.0 Å². The van der Waals surface area contributed by atoms with Gasteiger partial charge in [-0.15, -0.1) is 0 Å². The molecule has 0 saturated heterocycles. The van der Waals surface area contributed by atoms with E-state index in [1.165, 1.54) is 0 Å². The number of pyridine rings is 1. The highest BCUT2D eigenvalue weighted by atomic mass is 19.1. The second-order valence-corrected chi connectivity index (χ2v) is 7.07. The Morgan fingerprint density at radius 1 is 1.46 bits per heavy atom. The van der Waals surface area contributed by atoms with Crippen LogP contribution in [-0.2, 0) is 22.4 Å². The summed E-state index contributed by atoms with van der Waals surface area (Å²) in [7, 11) is 0. The van der Waals surface area contributed by atoms with E-state index in [0.717, 1.165) is 24.1 Å². The van der Waals surface area contributed by atoms with Gasteiger partial charge in [0.25, 0.3) is 0 Å². The molecule has 0 fully saturated rings. The largest absolute Gasteiger partial charge is 0.443 e. The molecule has 2 rings (SSSR count). The summed E-state index contributed by atoms with van der Waals surface area (Å²) in [5, 5.41) is 0. The lowest BCUT2D eigenvalue weighted by molar-refractivity contribution is -0.112. The Balaban J connectivity index is 2.11. The van der Waals surface area contributed by atoms with E-state index in [0.29, 0.717) is 31.5 Å². The van der Waals surface area contributed by atoms with Crippen LogP contribution in [-0.4, -0.2) is 35.7 Å². The van der Waals surface area contributed by atoms with Crippen molar-refractivity contribution in [3.63, 3.8) is 0 Å². The van der Waals surface area contributed by atoms with Gasteiger partial charge in [0.05, 0.1) is 0 Å². The predicted octanol–water partition coefficient (Wildman–Crippen LogP) is 3.63. The summed E-state index contributed by atoms with van der Waals surface area (Å²) in [4.78, 5) is 28.9. The molecule has 2 heterocycles. The Morgan fingerprint density at radius 2 is 2.21 bits per heavy atom. The monoisotopic (exact) mass is 336 g/mol. The van der Waals surface area contributed by atoms with Crippen molar-refractivity contribution < 1.29 is 18.7 Å². The molecule has 0 spiro atoms. The maximum Gasteiger partial charge on any atom is 0.416 e. The summed E-state index contributed by atoms with van der Waals surface area (Å²) in [5.74, 6) is 0.639. The molecule has 0 aliphatic carbocycles. The van der Waals surface area contributed by atoms with Gasteiger partial charge in [0.1, 0.15) is 11.4 Å². The van der Waals surface area contributed by atoms with Gasteiger partial charge in [-0.1, -0.05) is 6.07 Å². The highest BCUT2D eigenvalue weighted by molar-refractivity contribution is 5.88. The fourth-order valence-electron chi connectivity index (χ4n) is 2.66. The van der Waals surface area contributed by atoms with Gasteiger partial charge in [0.2, 0.25) is 0 Å². The third-order valence-corrected chi connectivity index (χ3v) is 3.77. The number of halogens is 1. The Kier molecular flexibility index (Phi) is 5.91. The van der Waals surface area contributed by atoms with Gasteiger partial charge >= 0.3 is 6.09 Å². The standard InChI is InChI=1S/C18H25FN2O3/c1-18(2,3)24-17(23)21-11-5-6-13-9-10-15(20-16(13)21)8-4-7-14(19)12-22/h9-10,12,14H,4-8,11H2,1-3H3. The molecule has 1 aliphatic heterocycles. The molecule has 1 aromatic rings. The number of alkyl halides is 1. The van der Waals surface area contributed by atoms with E-state index in [-0.39, 0.29) is 6.42 Å². The van der Waals surface area contributed by atoms with Gasteiger partial charge in [-0.25, -0.2) is 14.2 Å². The first kappa shape index (κ1) is 18.4. The van der Waals surface area contributed by atoms with Crippen molar-refractivity contribution in [2.24, 2.45) is 0 Å². The quantitative estimate of drug-likeness (QED) is 0.771. The molecule has 1 unspecified atom stereocenters. The predicted molar refractivity (Wildman–Crippen MR) is 90.0 cm³/mol. The number of ether oxygens (including phenoxy) is 1. The van der Waals surface area contributed by atoms with Crippen LogP contribution < -0.4 is 4.90 Å². The third-order valence-electron chi connectivity index (χ3n) is 3.77. The number of aromatic nitrogens is 1. The minimum Gasteiger partial charge on any atom is -0.443 e. The number of carbonyl (C=O) groups excluding carboxylic acids is 2. The Hall–Kier alpha value is -1.98. The summed E-state index contributed by atoms with van der Waals surface area (Å²) >= 11 is 0. The van der Waals surface area contributed by atoms with Gasteiger partial charge < -0.3 is 9.53 Å². The zero-order valence-corrected chi connectivity index (χ0v) is 14.5. The van der Waals surface area contributed by atoms with Crippen molar-refractivity contribution in [3.8, 4) is 0 Å². The van der Waals surface area contributed by atoms with Gasteiger partial charge in [0, 0.05) is 12.2 Å². The molecule has 5 nitrogen and oxygen atoms in total. The number of hydrogen-bond donors (Lipinski definition) is 0. The number of fused-ring (bicyclic) bond motifs is 1. The molecule has 0 N–H and O–H groups in total. The van der Waals surface area contributed by atoms with E-state index in [2.05, 4.69) is 4.98 Å². The summed E-state index contributed by atoms with van der Waals surface area (Å²) in [6, 6.07) is 3.88. The Bertz CT molecular complexity index is 598. The van der Waals surface area contributed by atoms with Crippen LogP contribution in [0.1, 0.15) is 51.3 Å². The van der Waals surface area contributed by atoms with Crippen molar-refractivity contribution in [2.45, 2.75) is 64.6 Å². The van der Waals surface area contributed by atoms with Gasteiger partial charge in [-0.05, 0) is 64.5 Å². The number of nitrogens with zero attached hydrogens (tertiary/aromatic N) is 2. The lowest BCUT2D eigenvalue weighted by Crippen LogP contribution is -2.40. The van der Waals surface area contributed by atoms with Crippen LogP contribution in [0.15, 0.2) is 12.1 Å². The number of carbonyl (C=O) groups is 2. The average Bonchev–Trinajstić information content (AvgIpc) is 2.52. The highest BCUT2D eigenvalue weighted by Crippen LogP contribution is 2.27. The molecule has 0 bridgehead atoms. The molecular weight excluding hydrogens is 311 g/mol. The molecular formula is C18H25FN2O3. The van der Waals surface area contributed by atoms with Crippen molar-refractivity contribution in [1.82, 2.24) is 4.98 Å². The van der Waals surface area contributed by atoms with Crippen LogP contribution in [0.3, 0.4) is 0 Å². The van der Waals surface area contributed by atoms with E-state index in [4.69, 9.17) is 4.74 Å². The topological polar surface area (TPSA) is 59.5 Å². The Labute approximate surface area is 142 Å². The maximum absolute atomic E-state index is 13.0. The van der Waals surface area contributed by atoms with Crippen LogP contribution >= 0.6 is 0 Å². The van der Waals surface area contributed by atoms with Gasteiger partial charge in [-0.2, -0.15) is 0 Å². The minimum atomic E-state index is -1.42. The van der Waals surface area contributed by atoms with Crippen LogP contribution in [0.25, 0.3) is 0 Å². The first-order valence-corrected chi connectivity index (χ1v) is 8.39. The first-order valence-electron chi connectivity index (χ1n) is 8.39. The van der Waals surface area contributed by atoms with Gasteiger partial charge in [0.15, 0.2) is 12.5 Å². The second kappa shape index (κ2) is 7.73. The van der Waals surface area contributed by atoms with Crippen molar-refractivity contribution in [3.05, 3.63) is 23.4 Å². The summed E-state index contributed by atoms with van der Waals surface area (Å²) in [6.07, 6.45) is 1.57. The van der Waals surface area contributed by atoms with Crippen molar-refractivity contribution in [2.75, 3.05) is 11.4 Å². The molecule has 1 aromatic heterocycles. The molecule has 1 atom stereocenters. The lowest BCUT2D eigenvalue weighted by atomic mass is 10.0. The summed E-state index contributed by atoms with van der Waals surface area (Å²) < 4.78 is 18.4. The highest BCUT2D eigenvalue weighted by Gasteiger charge is 2.28. The number of anilines is 1. The van der Waals surface area contributed by atoms with Crippen LogP contribution in [0.4, 0.5) is 15.0 Å². The SMILES string of the molecule is CC(C)(C)OC(=O)N1CCCc2ccc(CCCC(F)C=O)nc21. The van der Waals surface area contributed by atoms with E-state index in [1.54, 1.807) is 4.90 Å². The number of hydrogen-bond acceptors (Lipinski definition) is 4. The molecule has 1 amide bonds. The maximum atomic E-state index is 13.0. The molecule has 0 radical (unpaired) electrons. The first-order chi connectivity index (χ1) is 11.3. The van der Waals surface area contributed by atoms with Crippen molar-refractivity contribution >= 4 is 18.2 Å². The molecule has 132 valence electrons. The zero-order chi connectivity index (χ0) is 17.7. The van der Waals surface area contributed by atoms with E-state index >= 15 is 0 Å². The molecule has 0 aromatic carbocycles. The fraction of sp³-hybridized carbons (Fsp3) is 0.611. The summed E-state index contributed by atoms with van der Waals surface area (Å²) in [6.45, 7) is 6.08. The number of aryl methyl sites for hydroxylation is 2. The fourth-order valence-corrected chi connectivity index (χ4v) is 2.66. The molecule has 6 heteroatoms. The van der Waals surface area contributed by atoms with Crippen LogP contribution in [0, 0.1) is 0 Å². The smallest absolute Gasteiger partial charge is 0.416 e. The third kappa shape index (κ3) is 5.01. The normalized spacial score (nSPS) is 15.6. The minimum absolute atomic E-state index is 0.193. The molecule has 1 aliphatic rings. The van der Waals surface area contributed by atoms with E-state index < -0.39 is 17.9 Å². The van der Waals surface area contributed by atoms with Crippen molar-refractivity contribution in [1.29, 1.82) is 0 Å². The van der Waals surface area contributed by atoms with Gasteiger partial charge in [-0.3, -0.25) is 4.90 Å². The number of amides is 1. The average molecular weight is 336 g/mol. The molecule has 0 saturated carbocycles. The van der Waals surface area contributed by atoms with Crippen LogP contribution in [0.2, 0.25) is 0 Å². The second-order valence-electron chi connectivity index (χ2n) is 7.07. The molecule has 24 heavy (non-hydrogen) atoms. The number of rotatable bonds is 5. The van der Waals surface area contributed by atoms with Crippen LogP contribution in [0.5, 0.6) is 0 Å². The van der Waals surface area contributed by atoms with E-state index in [1.807, 2.05) is 32.9 Å². The number of aldehydes is 1. The lowest BCUT2D eigenvalue weighted by Gasteiger charge is -2.31.